The summed E-state index contributed by atoms with van der Waals surface area (Å²) in [6.45, 7) is 2.08. The van der Waals surface area contributed by atoms with Crippen LogP contribution in [-0.4, -0.2) is 18.9 Å². The van der Waals surface area contributed by atoms with Crippen LogP contribution in [0.2, 0.25) is 0 Å². The Hall–Kier alpha value is -1.78. The number of carbonyl (C=O) groups is 2. The van der Waals surface area contributed by atoms with E-state index in [1.54, 1.807) is 0 Å². The summed E-state index contributed by atoms with van der Waals surface area (Å²) >= 11 is 0. The van der Waals surface area contributed by atoms with Gasteiger partial charge in [0.25, 0.3) is 0 Å². The van der Waals surface area contributed by atoms with Gasteiger partial charge in [0.1, 0.15) is 0 Å². The van der Waals surface area contributed by atoms with Crippen molar-refractivity contribution in [1.82, 2.24) is 0 Å². The van der Waals surface area contributed by atoms with Crippen LogP contribution >= 0.6 is 0 Å². The number of methoxy groups -OCH3 is 1. The van der Waals surface area contributed by atoms with E-state index in [2.05, 4.69) is 6.92 Å². The van der Waals surface area contributed by atoms with Gasteiger partial charge >= 0.3 is 5.97 Å². The molecule has 2 unspecified atom stereocenters. The van der Waals surface area contributed by atoms with E-state index in [-0.39, 0.29) is 23.2 Å². The Morgan fingerprint density at radius 2 is 2.00 bits per heavy atom. The van der Waals surface area contributed by atoms with Gasteiger partial charge in [-0.1, -0.05) is 26.2 Å². The first kappa shape index (κ1) is 17.6. The molecule has 2 atom stereocenters. The monoisotopic (exact) mass is 324 g/mol. The Bertz CT molecular complexity index is 598. The number of benzene rings is 1. The van der Waals surface area contributed by atoms with Crippen molar-refractivity contribution in [3.05, 3.63) is 34.9 Å². The summed E-state index contributed by atoms with van der Waals surface area (Å²) in [5.74, 6) is -3.22. The van der Waals surface area contributed by atoms with E-state index >= 15 is 0 Å². The second-order valence-corrected chi connectivity index (χ2v) is 6.14. The van der Waals surface area contributed by atoms with Crippen LogP contribution in [0.15, 0.2) is 12.1 Å². The number of ketones is 1. The molecule has 0 saturated heterocycles. The molecule has 0 heterocycles. The van der Waals surface area contributed by atoms with Gasteiger partial charge in [0.15, 0.2) is 17.4 Å². The molecule has 2 rings (SSSR count). The first-order valence-electron chi connectivity index (χ1n) is 8.07. The van der Waals surface area contributed by atoms with E-state index in [1.807, 2.05) is 0 Å². The SMILES string of the molecule is CCCCCC(CC1Cc2cc(F)c(F)cc2C1=O)C(=O)OC. The highest BCUT2D eigenvalue weighted by Crippen LogP contribution is 2.33. The molecule has 1 aliphatic rings. The average molecular weight is 324 g/mol. The minimum atomic E-state index is -1.01. The normalized spacial score (nSPS) is 17.9. The lowest BCUT2D eigenvalue weighted by Crippen LogP contribution is -2.22. The Kier molecular flexibility index (Phi) is 5.85. The van der Waals surface area contributed by atoms with Crippen molar-refractivity contribution in [1.29, 1.82) is 0 Å². The minimum Gasteiger partial charge on any atom is -0.469 e. The quantitative estimate of drug-likeness (QED) is 0.561. The number of hydrogen-bond acceptors (Lipinski definition) is 3. The van der Waals surface area contributed by atoms with E-state index < -0.39 is 17.6 Å². The molecule has 23 heavy (non-hydrogen) atoms. The van der Waals surface area contributed by atoms with Gasteiger partial charge in [-0.25, -0.2) is 8.78 Å². The van der Waals surface area contributed by atoms with Gasteiger partial charge in [0.2, 0.25) is 0 Å². The molecule has 0 amide bonds. The highest BCUT2D eigenvalue weighted by atomic mass is 19.2. The van der Waals surface area contributed by atoms with E-state index in [9.17, 15) is 18.4 Å². The summed E-state index contributed by atoms with van der Waals surface area (Å²) in [4.78, 5) is 24.3. The van der Waals surface area contributed by atoms with Crippen molar-refractivity contribution in [2.75, 3.05) is 7.11 Å². The number of esters is 1. The second kappa shape index (κ2) is 7.66. The molecule has 1 aromatic rings. The molecule has 5 heteroatoms. The first-order chi connectivity index (χ1) is 11.0. The molecule has 0 aromatic heterocycles. The molecule has 0 radical (unpaired) electrons. The smallest absolute Gasteiger partial charge is 0.308 e. The molecule has 1 aromatic carbocycles. The number of Topliss-reactive ketones (excluding diaryl/α,β-unsaturated/α-hetero) is 1. The fourth-order valence-electron chi connectivity index (χ4n) is 3.24. The Morgan fingerprint density at radius 1 is 1.30 bits per heavy atom. The van der Waals surface area contributed by atoms with Crippen molar-refractivity contribution in [2.45, 2.75) is 45.4 Å². The summed E-state index contributed by atoms with van der Waals surface area (Å²) in [6, 6.07) is 2.06. The lowest BCUT2D eigenvalue weighted by atomic mass is 9.88. The third-order valence-corrected chi connectivity index (χ3v) is 4.51. The summed E-state index contributed by atoms with van der Waals surface area (Å²) in [6.07, 6.45) is 4.35. The molecular weight excluding hydrogens is 302 g/mol. The molecule has 1 aliphatic carbocycles. The van der Waals surface area contributed by atoms with Crippen LogP contribution in [0, 0.1) is 23.5 Å². The van der Waals surface area contributed by atoms with Gasteiger partial charge in [-0.15, -0.1) is 0 Å². The number of ether oxygens (including phenoxy) is 1. The van der Waals surface area contributed by atoms with Gasteiger partial charge in [-0.05, 0) is 37.0 Å². The summed E-state index contributed by atoms with van der Waals surface area (Å²) in [5.41, 5.74) is 0.766. The topological polar surface area (TPSA) is 43.4 Å². The van der Waals surface area contributed by atoms with Crippen LogP contribution < -0.4 is 0 Å². The van der Waals surface area contributed by atoms with Crippen molar-refractivity contribution in [3.63, 3.8) is 0 Å². The van der Waals surface area contributed by atoms with Crippen LogP contribution in [0.4, 0.5) is 8.78 Å². The standard InChI is InChI=1S/C18H22F2O3/c1-3-4-5-6-11(18(22)23-2)7-13-8-12-9-15(19)16(20)10-14(12)17(13)21/h9-11,13H,3-8H2,1-2H3. The molecule has 0 aliphatic heterocycles. The maximum Gasteiger partial charge on any atom is 0.308 e. The molecule has 0 fully saturated rings. The maximum absolute atomic E-state index is 13.3. The zero-order chi connectivity index (χ0) is 17.0. The number of halogens is 2. The number of hydrogen-bond donors (Lipinski definition) is 0. The highest BCUT2D eigenvalue weighted by molar-refractivity contribution is 6.02. The molecule has 0 bridgehead atoms. The third kappa shape index (κ3) is 3.95. The number of carbonyl (C=O) groups excluding carboxylic acids is 2. The Morgan fingerprint density at radius 3 is 2.65 bits per heavy atom. The summed E-state index contributed by atoms with van der Waals surface area (Å²) in [7, 11) is 1.34. The van der Waals surface area contributed by atoms with Crippen molar-refractivity contribution in [2.24, 2.45) is 11.8 Å². The predicted molar refractivity (Wildman–Crippen MR) is 82.1 cm³/mol. The van der Waals surface area contributed by atoms with E-state index in [0.717, 1.165) is 31.4 Å². The van der Waals surface area contributed by atoms with Crippen molar-refractivity contribution >= 4 is 11.8 Å². The van der Waals surface area contributed by atoms with Gasteiger partial charge in [0, 0.05) is 11.5 Å². The number of fused-ring (bicyclic) bond motifs is 1. The zero-order valence-electron chi connectivity index (χ0n) is 13.5. The average Bonchev–Trinajstić information content (AvgIpc) is 2.82. The van der Waals surface area contributed by atoms with Gasteiger partial charge in [-0.3, -0.25) is 9.59 Å². The lowest BCUT2D eigenvalue weighted by Gasteiger charge is -2.17. The Balaban J connectivity index is 2.09. The predicted octanol–water partition coefficient (Wildman–Crippen LogP) is 4.08. The van der Waals surface area contributed by atoms with Crippen LogP contribution in [0.1, 0.15) is 54.9 Å². The molecule has 126 valence electrons. The first-order valence-corrected chi connectivity index (χ1v) is 8.07. The van der Waals surface area contributed by atoms with E-state index in [0.29, 0.717) is 24.8 Å². The third-order valence-electron chi connectivity index (χ3n) is 4.51. The molecule has 0 saturated carbocycles. The molecule has 3 nitrogen and oxygen atoms in total. The van der Waals surface area contributed by atoms with Crippen LogP contribution in [0.25, 0.3) is 0 Å². The number of rotatable bonds is 7. The molecule has 0 N–H and O–H groups in total. The fraction of sp³-hybridized carbons (Fsp3) is 0.556. The van der Waals surface area contributed by atoms with Crippen LogP contribution in [0.5, 0.6) is 0 Å². The van der Waals surface area contributed by atoms with Crippen molar-refractivity contribution in [3.8, 4) is 0 Å². The van der Waals surface area contributed by atoms with Crippen LogP contribution in [-0.2, 0) is 16.0 Å². The summed E-state index contributed by atoms with van der Waals surface area (Å²) in [5, 5.41) is 0. The van der Waals surface area contributed by atoms with Gasteiger partial charge in [0.05, 0.1) is 13.0 Å². The van der Waals surface area contributed by atoms with Crippen molar-refractivity contribution < 1.29 is 23.1 Å². The zero-order valence-corrected chi connectivity index (χ0v) is 13.5. The second-order valence-electron chi connectivity index (χ2n) is 6.14. The largest absolute Gasteiger partial charge is 0.469 e. The van der Waals surface area contributed by atoms with Gasteiger partial charge < -0.3 is 4.74 Å². The maximum atomic E-state index is 13.3. The summed E-state index contributed by atoms with van der Waals surface area (Å²) < 4.78 is 31.5. The highest BCUT2D eigenvalue weighted by Gasteiger charge is 2.35. The fourth-order valence-corrected chi connectivity index (χ4v) is 3.24. The van der Waals surface area contributed by atoms with E-state index in [4.69, 9.17) is 4.74 Å². The van der Waals surface area contributed by atoms with Crippen LogP contribution in [0.3, 0.4) is 0 Å². The molecular formula is C18H22F2O3. The Labute approximate surface area is 135 Å². The lowest BCUT2D eigenvalue weighted by molar-refractivity contribution is -0.146. The minimum absolute atomic E-state index is 0.205. The van der Waals surface area contributed by atoms with Gasteiger partial charge in [-0.2, -0.15) is 0 Å². The molecule has 0 spiro atoms. The number of unbranched alkanes of at least 4 members (excludes halogenated alkanes) is 2. The van der Waals surface area contributed by atoms with E-state index in [1.165, 1.54) is 7.11 Å².